The number of benzene rings is 3. The van der Waals surface area contributed by atoms with Gasteiger partial charge in [0.2, 0.25) is 10.0 Å². The monoisotopic (exact) mass is 628 g/mol. The summed E-state index contributed by atoms with van der Waals surface area (Å²) in [5.74, 6) is -0.811. The lowest BCUT2D eigenvalue weighted by Crippen LogP contribution is -2.38. The molecule has 40 heavy (non-hydrogen) atoms. The van der Waals surface area contributed by atoms with Crippen molar-refractivity contribution < 1.29 is 27.9 Å². The van der Waals surface area contributed by atoms with Gasteiger partial charge in [0.15, 0.2) is 5.75 Å². The molecule has 0 aliphatic carbocycles. The Kier molecular flexibility index (Phi) is 10.1. The highest BCUT2D eigenvalue weighted by Crippen LogP contribution is 2.43. The second kappa shape index (κ2) is 13.0. The van der Waals surface area contributed by atoms with Crippen LogP contribution < -0.4 is 20.3 Å². The molecule has 214 valence electrons. The molecule has 0 fully saturated rings. The molecule has 0 radical (unpaired) electrons. The summed E-state index contributed by atoms with van der Waals surface area (Å²) in [5.41, 5.74) is -0.542. The number of halogens is 3. The predicted molar refractivity (Wildman–Crippen MR) is 157 cm³/mol. The summed E-state index contributed by atoms with van der Waals surface area (Å²) in [7, 11) is -4.43. The van der Waals surface area contributed by atoms with Gasteiger partial charge in [0.05, 0.1) is 32.1 Å². The van der Waals surface area contributed by atoms with E-state index >= 15 is 0 Å². The molecule has 3 aromatic carbocycles. The van der Waals surface area contributed by atoms with E-state index in [1.54, 1.807) is 57.2 Å². The Morgan fingerprint density at radius 3 is 2.12 bits per heavy atom. The number of carbonyl (C=O) groups excluding carboxylic acids is 2. The number of hydrogen-bond donors (Lipinski definition) is 4. The smallest absolute Gasteiger partial charge is 0.407 e. The molecule has 0 heterocycles. The van der Waals surface area contributed by atoms with Crippen molar-refractivity contribution in [3.63, 3.8) is 0 Å². The van der Waals surface area contributed by atoms with E-state index in [1.165, 1.54) is 24.3 Å². The van der Waals surface area contributed by atoms with Gasteiger partial charge in [-0.1, -0.05) is 59.1 Å². The topological polar surface area (TPSA) is 137 Å². The van der Waals surface area contributed by atoms with Crippen LogP contribution in [0, 0.1) is 0 Å². The van der Waals surface area contributed by atoms with Crippen LogP contribution in [0.2, 0.25) is 15.1 Å². The minimum absolute atomic E-state index is 0.113. The number of rotatable bonds is 8. The van der Waals surface area contributed by atoms with Crippen molar-refractivity contribution in [2.75, 3.05) is 23.3 Å². The third-order valence-corrected chi connectivity index (χ3v) is 7.68. The summed E-state index contributed by atoms with van der Waals surface area (Å²) >= 11 is 18.8. The lowest BCUT2D eigenvalue weighted by atomic mass is 10.2. The summed E-state index contributed by atoms with van der Waals surface area (Å²) < 4.78 is 33.7. The number of sulfonamides is 1. The molecule has 3 amide bonds. The number of para-hydroxylation sites is 2. The third kappa shape index (κ3) is 7.92. The summed E-state index contributed by atoms with van der Waals surface area (Å²) in [5, 5.41) is 16.3. The molecule has 0 saturated carbocycles. The molecule has 0 atom stereocenters. The summed E-state index contributed by atoms with van der Waals surface area (Å²) in [6.45, 7) is 4.70. The number of nitrogens with one attached hydrogen (secondary N) is 3. The van der Waals surface area contributed by atoms with Crippen molar-refractivity contribution in [2.24, 2.45) is 0 Å². The largest absolute Gasteiger partial charge is 0.504 e. The number of phenolic OH excluding ortho intramolecular Hbond substituents is 1. The SMILES string of the molecule is CC(C)(C)OC(=O)NCCNS(=O)(=O)c1c(Cl)ccc(N(C(=O)Nc2ccccc2Cl)c2ccccc2Cl)c1O. The Labute approximate surface area is 247 Å². The molecule has 3 rings (SSSR count). The first kappa shape index (κ1) is 31.3. The summed E-state index contributed by atoms with van der Waals surface area (Å²) in [6.07, 6.45) is -0.727. The van der Waals surface area contributed by atoms with Crippen LogP contribution in [0.25, 0.3) is 0 Å². The molecule has 0 saturated heterocycles. The zero-order valence-electron chi connectivity index (χ0n) is 21.7. The molecule has 0 aliphatic rings. The first-order valence-electron chi connectivity index (χ1n) is 11.8. The number of anilines is 3. The maximum absolute atomic E-state index is 13.5. The Hall–Kier alpha value is -3.22. The van der Waals surface area contributed by atoms with Gasteiger partial charge in [0.1, 0.15) is 10.5 Å². The predicted octanol–water partition coefficient (Wildman–Crippen LogP) is 6.53. The van der Waals surface area contributed by atoms with Crippen LogP contribution >= 0.6 is 34.8 Å². The minimum Gasteiger partial charge on any atom is -0.504 e. The Balaban J connectivity index is 1.95. The van der Waals surface area contributed by atoms with E-state index in [1.807, 2.05) is 0 Å². The Bertz CT molecular complexity index is 1510. The third-order valence-electron chi connectivity index (χ3n) is 5.07. The zero-order chi connectivity index (χ0) is 29.7. The van der Waals surface area contributed by atoms with Crippen molar-refractivity contribution in [2.45, 2.75) is 31.3 Å². The van der Waals surface area contributed by atoms with E-state index in [0.717, 1.165) is 4.90 Å². The van der Waals surface area contributed by atoms with Crippen LogP contribution in [0.3, 0.4) is 0 Å². The molecule has 0 aromatic heterocycles. The van der Waals surface area contributed by atoms with Gasteiger partial charge in [-0.25, -0.2) is 22.7 Å². The van der Waals surface area contributed by atoms with Gasteiger partial charge in [0.25, 0.3) is 0 Å². The number of carbonyl (C=O) groups is 2. The van der Waals surface area contributed by atoms with Crippen molar-refractivity contribution >= 4 is 74.0 Å². The number of amides is 3. The fourth-order valence-electron chi connectivity index (χ4n) is 3.42. The number of phenols is 1. The van der Waals surface area contributed by atoms with Gasteiger partial charge in [-0.3, -0.25) is 4.90 Å². The fraction of sp³-hybridized carbons (Fsp3) is 0.231. The van der Waals surface area contributed by atoms with Crippen molar-refractivity contribution in [1.82, 2.24) is 10.0 Å². The quantitative estimate of drug-likeness (QED) is 0.209. The number of aromatic hydroxyl groups is 1. The van der Waals surface area contributed by atoms with Gasteiger partial charge >= 0.3 is 12.1 Å². The normalized spacial score (nSPS) is 11.6. The van der Waals surface area contributed by atoms with Crippen LogP contribution in [-0.2, 0) is 14.8 Å². The molecule has 0 unspecified atom stereocenters. The standard InChI is InChI=1S/C26H27Cl3N4O6S/c1-26(2,3)39-25(36)30-14-15-31-40(37,38)23-18(29)12-13-21(22(23)34)33(20-11-7-5-9-17(20)28)24(35)32-19-10-6-4-8-16(19)27/h4-13,31,34H,14-15H2,1-3H3,(H,30,36)(H,32,35). The van der Waals surface area contributed by atoms with E-state index in [-0.39, 0.29) is 45.2 Å². The Morgan fingerprint density at radius 1 is 0.875 bits per heavy atom. The second-order valence-electron chi connectivity index (χ2n) is 9.27. The van der Waals surface area contributed by atoms with Gasteiger partial charge < -0.3 is 20.5 Å². The van der Waals surface area contributed by atoms with E-state index in [0.29, 0.717) is 0 Å². The Morgan fingerprint density at radius 2 is 1.50 bits per heavy atom. The molecular formula is C26H27Cl3N4O6S. The fourth-order valence-corrected chi connectivity index (χ4v) is 5.48. The van der Waals surface area contributed by atoms with Crippen molar-refractivity contribution in [3.05, 3.63) is 75.7 Å². The first-order chi connectivity index (χ1) is 18.7. The maximum Gasteiger partial charge on any atom is 0.407 e. The molecule has 4 N–H and O–H groups in total. The molecule has 0 bridgehead atoms. The van der Waals surface area contributed by atoms with Crippen LogP contribution in [0.1, 0.15) is 20.8 Å². The lowest BCUT2D eigenvalue weighted by molar-refractivity contribution is 0.0529. The second-order valence-corrected chi connectivity index (χ2v) is 12.2. The number of nitrogens with zero attached hydrogens (tertiary/aromatic N) is 1. The molecule has 10 nitrogen and oxygen atoms in total. The van der Waals surface area contributed by atoms with Crippen LogP contribution in [0.15, 0.2) is 65.6 Å². The highest BCUT2D eigenvalue weighted by molar-refractivity contribution is 7.89. The minimum atomic E-state index is -4.43. The lowest BCUT2D eigenvalue weighted by Gasteiger charge is -2.26. The molecule has 0 spiro atoms. The molecule has 0 aliphatic heterocycles. The first-order valence-corrected chi connectivity index (χ1v) is 14.4. The van der Waals surface area contributed by atoms with Gasteiger partial charge in [-0.05, 0) is 57.2 Å². The number of urea groups is 1. The van der Waals surface area contributed by atoms with E-state index < -0.39 is 38.4 Å². The van der Waals surface area contributed by atoms with Crippen LogP contribution in [0.4, 0.5) is 26.7 Å². The van der Waals surface area contributed by atoms with Crippen LogP contribution in [-0.4, -0.2) is 44.3 Å². The number of ether oxygens (including phenoxy) is 1. The summed E-state index contributed by atoms with van der Waals surface area (Å²) in [6, 6.07) is 14.5. The molecule has 3 aromatic rings. The highest BCUT2D eigenvalue weighted by atomic mass is 35.5. The highest BCUT2D eigenvalue weighted by Gasteiger charge is 2.30. The van der Waals surface area contributed by atoms with Crippen LogP contribution in [0.5, 0.6) is 5.75 Å². The van der Waals surface area contributed by atoms with Gasteiger partial charge in [0, 0.05) is 13.1 Å². The number of hydrogen-bond acceptors (Lipinski definition) is 6. The van der Waals surface area contributed by atoms with Crippen molar-refractivity contribution in [1.29, 1.82) is 0 Å². The molecule has 14 heteroatoms. The average Bonchev–Trinajstić information content (AvgIpc) is 2.85. The van der Waals surface area contributed by atoms with E-state index in [9.17, 15) is 23.1 Å². The van der Waals surface area contributed by atoms with E-state index in [2.05, 4.69) is 15.4 Å². The van der Waals surface area contributed by atoms with Gasteiger partial charge in [-0.2, -0.15) is 0 Å². The van der Waals surface area contributed by atoms with Gasteiger partial charge in [-0.15, -0.1) is 0 Å². The summed E-state index contributed by atoms with van der Waals surface area (Å²) in [4.78, 5) is 25.7. The molecular weight excluding hydrogens is 603 g/mol. The average molecular weight is 630 g/mol. The van der Waals surface area contributed by atoms with E-state index in [4.69, 9.17) is 39.5 Å². The maximum atomic E-state index is 13.5. The zero-order valence-corrected chi connectivity index (χ0v) is 24.7. The number of alkyl carbamates (subject to hydrolysis) is 1. The van der Waals surface area contributed by atoms with Crippen molar-refractivity contribution in [3.8, 4) is 5.75 Å².